The second-order valence-electron chi connectivity index (χ2n) is 4.24. The molecular weight excluding hydrogens is 253 g/mol. The van der Waals surface area contributed by atoms with Crippen LogP contribution in [0.2, 0.25) is 0 Å². The van der Waals surface area contributed by atoms with Crippen LogP contribution in [-0.4, -0.2) is 4.98 Å². The summed E-state index contributed by atoms with van der Waals surface area (Å²) in [5.41, 5.74) is 1.91. The molecule has 2 rings (SSSR count). The SMILES string of the molecule is Cc1ccc(NCc2ccc(C(F)(F)F)cc2)cn1. The van der Waals surface area contributed by atoms with Gasteiger partial charge in [-0.2, -0.15) is 13.2 Å². The molecule has 0 spiro atoms. The standard InChI is InChI=1S/C14H13F3N2/c1-10-2-7-13(9-18-10)19-8-11-3-5-12(6-4-11)14(15,16)17/h2-7,9,19H,8H2,1H3. The number of benzene rings is 1. The summed E-state index contributed by atoms with van der Waals surface area (Å²) in [5, 5.41) is 3.10. The van der Waals surface area contributed by atoms with Crippen molar-refractivity contribution < 1.29 is 13.2 Å². The lowest BCUT2D eigenvalue weighted by atomic mass is 10.1. The zero-order chi connectivity index (χ0) is 13.9. The summed E-state index contributed by atoms with van der Waals surface area (Å²) >= 11 is 0. The lowest BCUT2D eigenvalue weighted by Gasteiger charge is -2.09. The van der Waals surface area contributed by atoms with Crippen molar-refractivity contribution in [2.75, 3.05) is 5.32 Å². The maximum absolute atomic E-state index is 12.4. The van der Waals surface area contributed by atoms with E-state index in [0.717, 1.165) is 29.1 Å². The molecule has 0 aliphatic carbocycles. The van der Waals surface area contributed by atoms with Gasteiger partial charge in [0.1, 0.15) is 0 Å². The first-order valence-electron chi connectivity index (χ1n) is 5.78. The van der Waals surface area contributed by atoms with Crippen LogP contribution in [0.4, 0.5) is 18.9 Å². The highest BCUT2D eigenvalue weighted by atomic mass is 19.4. The fourth-order valence-corrected chi connectivity index (χ4v) is 1.59. The molecule has 2 nitrogen and oxygen atoms in total. The monoisotopic (exact) mass is 266 g/mol. The predicted octanol–water partition coefficient (Wildman–Crippen LogP) is 4.02. The Kier molecular flexibility index (Phi) is 3.74. The fourth-order valence-electron chi connectivity index (χ4n) is 1.59. The van der Waals surface area contributed by atoms with Crippen LogP contribution in [0.5, 0.6) is 0 Å². The van der Waals surface area contributed by atoms with E-state index in [2.05, 4.69) is 10.3 Å². The number of nitrogens with zero attached hydrogens (tertiary/aromatic N) is 1. The minimum atomic E-state index is -4.28. The van der Waals surface area contributed by atoms with E-state index >= 15 is 0 Å². The quantitative estimate of drug-likeness (QED) is 0.907. The van der Waals surface area contributed by atoms with E-state index in [9.17, 15) is 13.2 Å². The first kappa shape index (κ1) is 13.4. The number of nitrogens with one attached hydrogen (secondary N) is 1. The summed E-state index contributed by atoms with van der Waals surface area (Å²) in [6.45, 7) is 2.35. The summed E-state index contributed by atoms with van der Waals surface area (Å²) in [4.78, 5) is 4.13. The van der Waals surface area contributed by atoms with Crippen LogP contribution in [0.25, 0.3) is 0 Å². The van der Waals surface area contributed by atoms with Crippen LogP contribution in [0.1, 0.15) is 16.8 Å². The van der Waals surface area contributed by atoms with Gasteiger partial charge < -0.3 is 5.32 Å². The molecule has 0 amide bonds. The molecule has 0 saturated heterocycles. The largest absolute Gasteiger partial charge is 0.416 e. The molecule has 1 N–H and O–H groups in total. The third kappa shape index (κ3) is 3.71. The van der Waals surface area contributed by atoms with Crippen molar-refractivity contribution in [2.45, 2.75) is 19.6 Å². The zero-order valence-corrected chi connectivity index (χ0v) is 10.3. The summed E-state index contributed by atoms with van der Waals surface area (Å²) in [6, 6.07) is 8.87. The van der Waals surface area contributed by atoms with Gasteiger partial charge >= 0.3 is 6.18 Å². The van der Waals surface area contributed by atoms with Gasteiger partial charge in [-0.1, -0.05) is 12.1 Å². The number of anilines is 1. The molecule has 100 valence electrons. The van der Waals surface area contributed by atoms with Crippen molar-refractivity contribution in [1.29, 1.82) is 0 Å². The van der Waals surface area contributed by atoms with E-state index in [1.54, 1.807) is 6.20 Å². The molecule has 0 radical (unpaired) electrons. The van der Waals surface area contributed by atoms with E-state index in [1.165, 1.54) is 12.1 Å². The van der Waals surface area contributed by atoms with E-state index in [-0.39, 0.29) is 0 Å². The second kappa shape index (κ2) is 5.30. The molecule has 1 heterocycles. The number of hydrogen-bond donors (Lipinski definition) is 1. The molecule has 0 bridgehead atoms. The van der Waals surface area contributed by atoms with E-state index in [1.807, 2.05) is 19.1 Å². The van der Waals surface area contributed by atoms with Gasteiger partial charge in [-0.05, 0) is 36.8 Å². The van der Waals surface area contributed by atoms with Crippen LogP contribution in [0.3, 0.4) is 0 Å². The highest BCUT2D eigenvalue weighted by Crippen LogP contribution is 2.29. The molecular formula is C14H13F3N2. The Morgan fingerprint density at radius 3 is 2.26 bits per heavy atom. The number of rotatable bonds is 3. The maximum Gasteiger partial charge on any atom is 0.416 e. The van der Waals surface area contributed by atoms with Crippen molar-refractivity contribution >= 4 is 5.69 Å². The smallest absolute Gasteiger partial charge is 0.380 e. The summed E-state index contributed by atoms with van der Waals surface area (Å²) in [5.74, 6) is 0. The van der Waals surface area contributed by atoms with Crippen molar-refractivity contribution in [3.05, 3.63) is 59.4 Å². The average Bonchev–Trinajstić information content (AvgIpc) is 2.37. The molecule has 0 aliphatic heterocycles. The van der Waals surface area contributed by atoms with Gasteiger partial charge in [-0.15, -0.1) is 0 Å². The Hall–Kier alpha value is -2.04. The number of aromatic nitrogens is 1. The maximum atomic E-state index is 12.4. The van der Waals surface area contributed by atoms with Crippen molar-refractivity contribution in [3.8, 4) is 0 Å². The van der Waals surface area contributed by atoms with Crippen LogP contribution < -0.4 is 5.32 Å². The number of hydrogen-bond acceptors (Lipinski definition) is 2. The molecule has 19 heavy (non-hydrogen) atoms. The van der Waals surface area contributed by atoms with Crippen LogP contribution >= 0.6 is 0 Å². The normalized spacial score (nSPS) is 11.4. The molecule has 5 heteroatoms. The number of aryl methyl sites for hydroxylation is 1. The van der Waals surface area contributed by atoms with Crippen LogP contribution in [0.15, 0.2) is 42.6 Å². The summed E-state index contributed by atoms with van der Waals surface area (Å²) < 4.78 is 37.2. The Morgan fingerprint density at radius 1 is 1.05 bits per heavy atom. The number of alkyl halides is 3. The van der Waals surface area contributed by atoms with Gasteiger partial charge in [-0.3, -0.25) is 4.98 Å². The molecule has 0 aliphatic rings. The third-order valence-electron chi connectivity index (χ3n) is 2.69. The van der Waals surface area contributed by atoms with Gasteiger partial charge in [-0.25, -0.2) is 0 Å². The van der Waals surface area contributed by atoms with Gasteiger partial charge in [0.05, 0.1) is 17.4 Å². The van der Waals surface area contributed by atoms with E-state index in [0.29, 0.717) is 6.54 Å². The van der Waals surface area contributed by atoms with Crippen molar-refractivity contribution in [3.63, 3.8) is 0 Å². The minimum Gasteiger partial charge on any atom is -0.380 e. The van der Waals surface area contributed by atoms with Crippen LogP contribution in [0, 0.1) is 6.92 Å². The predicted molar refractivity (Wildman–Crippen MR) is 67.7 cm³/mol. The Morgan fingerprint density at radius 2 is 1.74 bits per heavy atom. The fraction of sp³-hybridized carbons (Fsp3) is 0.214. The molecule has 0 saturated carbocycles. The van der Waals surface area contributed by atoms with Crippen molar-refractivity contribution in [1.82, 2.24) is 4.98 Å². The summed E-state index contributed by atoms with van der Waals surface area (Å²) in [6.07, 6.45) is -2.59. The lowest BCUT2D eigenvalue weighted by molar-refractivity contribution is -0.137. The Labute approximate surface area is 109 Å². The van der Waals surface area contributed by atoms with Crippen molar-refractivity contribution in [2.24, 2.45) is 0 Å². The molecule has 0 atom stereocenters. The molecule has 2 aromatic rings. The first-order valence-corrected chi connectivity index (χ1v) is 5.78. The van der Waals surface area contributed by atoms with E-state index in [4.69, 9.17) is 0 Å². The number of halogens is 3. The number of pyridine rings is 1. The van der Waals surface area contributed by atoms with Gasteiger partial charge in [0.25, 0.3) is 0 Å². The Bertz CT molecular complexity index is 530. The Balaban J connectivity index is 1.98. The molecule has 0 unspecified atom stereocenters. The third-order valence-corrected chi connectivity index (χ3v) is 2.69. The topological polar surface area (TPSA) is 24.9 Å². The van der Waals surface area contributed by atoms with E-state index < -0.39 is 11.7 Å². The highest BCUT2D eigenvalue weighted by Gasteiger charge is 2.29. The van der Waals surface area contributed by atoms with Crippen LogP contribution in [-0.2, 0) is 12.7 Å². The molecule has 1 aromatic heterocycles. The highest BCUT2D eigenvalue weighted by molar-refractivity contribution is 5.41. The second-order valence-corrected chi connectivity index (χ2v) is 4.24. The summed E-state index contributed by atoms with van der Waals surface area (Å²) in [7, 11) is 0. The lowest BCUT2D eigenvalue weighted by Crippen LogP contribution is -2.05. The van der Waals surface area contributed by atoms with Gasteiger partial charge in [0.15, 0.2) is 0 Å². The first-order chi connectivity index (χ1) is 8.95. The minimum absolute atomic E-state index is 0.461. The van der Waals surface area contributed by atoms with Gasteiger partial charge in [0, 0.05) is 12.2 Å². The zero-order valence-electron chi connectivity index (χ0n) is 10.3. The van der Waals surface area contributed by atoms with Gasteiger partial charge in [0.2, 0.25) is 0 Å². The molecule has 1 aromatic carbocycles. The molecule has 0 fully saturated rings. The average molecular weight is 266 g/mol.